The van der Waals surface area contributed by atoms with Crippen LogP contribution in [-0.4, -0.2) is 65.0 Å². The minimum atomic E-state index is -5.89. The maximum atomic E-state index is 15.7. The Morgan fingerprint density at radius 2 is 1.24 bits per heavy atom. The molecule has 4 heterocycles. The van der Waals surface area contributed by atoms with E-state index >= 15 is 8.78 Å². The topological polar surface area (TPSA) is 145 Å². The fraction of sp³-hybridized carbons (Fsp3) is 0.341. The van der Waals surface area contributed by atoms with E-state index in [1.54, 1.807) is 0 Å². The van der Waals surface area contributed by atoms with E-state index in [0.29, 0.717) is 4.57 Å². The second-order valence-corrected chi connectivity index (χ2v) is 21.0. The molecular formula is C41H33Cl2F11N6O5S2. The van der Waals surface area contributed by atoms with Crippen molar-refractivity contribution >= 4 is 71.0 Å². The van der Waals surface area contributed by atoms with Gasteiger partial charge in [0.05, 0.1) is 20.8 Å². The van der Waals surface area contributed by atoms with Crippen LogP contribution >= 0.6 is 23.2 Å². The van der Waals surface area contributed by atoms with Gasteiger partial charge in [-0.3, -0.25) is 19.3 Å². The van der Waals surface area contributed by atoms with Gasteiger partial charge in [0.2, 0.25) is 15.9 Å². The van der Waals surface area contributed by atoms with Crippen molar-refractivity contribution in [3.63, 3.8) is 0 Å². The fourth-order valence-electron chi connectivity index (χ4n) is 7.91. The number of pyridine rings is 2. The Balaban J connectivity index is 1.15. The molecule has 4 aromatic heterocycles. The van der Waals surface area contributed by atoms with Crippen LogP contribution in [0.15, 0.2) is 73.6 Å². The van der Waals surface area contributed by atoms with E-state index in [2.05, 4.69) is 14.7 Å². The van der Waals surface area contributed by atoms with Crippen molar-refractivity contribution < 1.29 is 69.9 Å². The zero-order valence-corrected chi connectivity index (χ0v) is 37.4. The van der Waals surface area contributed by atoms with Crippen LogP contribution in [0.4, 0.5) is 48.3 Å². The lowest BCUT2D eigenvalue weighted by atomic mass is 9.86. The number of rotatable bonds is 14. The Hall–Kier alpha value is -4.88. The lowest BCUT2D eigenvalue weighted by Gasteiger charge is -2.24. The summed E-state index contributed by atoms with van der Waals surface area (Å²) in [7, 11) is -10.3. The van der Waals surface area contributed by atoms with Crippen molar-refractivity contribution in [1.29, 1.82) is 0 Å². The Kier molecular flexibility index (Phi) is 13.1. The smallest absolute Gasteiger partial charge is 0.346 e. The Labute approximate surface area is 383 Å². The molecule has 0 amide bonds. The minimum absolute atomic E-state index is 0.00625. The van der Waals surface area contributed by atoms with Crippen molar-refractivity contribution in [2.75, 3.05) is 0 Å². The van der Waals surface area contributed by atoms with Gasteiger partial charge in [0.15, 0.2) is 5.92 Å². The number of nitrogens with zero attached hydrogens (tertiary/aromatic N) is 4. The number of fused-ring (bicyclic) bond motifs is 2. The maximum absolute atomic E-state index is 15.7. The van der Waals surface area contributed by atoms with Gasteiger partial charge in [-0.25, -0.2) is 35.1 Å². The van der Waals surface area contributed by atoms with Crippen molar-refractivity contribution in [2.24, 2.45) is 17.3 Å². The quantitative estimate of drug-likeness (QED) is 0.103. The number of carbonyl (C=O) groups is 1. The highest BCUT2D eigenvalue weighted by Gasteiger charge is 2.57. The molecule has 2 atom stereocenters. The first-order chi connectivity index (χ1) is 30.9. The highest BCUT2D eigenvalue weighted by Crippen LogP contribution is 2.47. The largest absolute Gasteiger partial charge is 0.511 e. The molecule has 11 nitrogen and oxygen atoms in total. The normalized spacial score (nSPS) is 16.4. The second kappa shape index (κ2) is 17.6. The predicted molar refractivity (Wildman–Crippen MR) is 224 cm³/mol. The number of alkyl halides is 9. The minimum Gasteiger partial charge on any atom is -0.346 e. The number of hydrogen-bond acceptors (Lipinski definition) is 7. The molecule has 1 saturated carbocycles. The Morgan fingerprint density at radius 3 is 1.75 bits per heavy atom. The van der Waals surface area contributed by atoms with Crippen LogP contribution in [0.5, 0.6) is 0 Å². The highest BCUT2D eigenvalue weighted by molar-refractivity contribution is 7.90. The van der Waals surface area contributed by atoms with Gasteiger partial charge in [0.1, 0.15) is 11.6 Å². The first-order valence-corrected chi connectivity index (χ1v) is 23.3. The third kappa shape index (κ3) is 10.1. The van der Waals surface area contributed by atoms with Gasteiger partial charge in [0.25, 0.3) is 0 Å². The molecule has 0 bridgehead atoms. The van der Waals surface area contributed by atoms with Gasteiger partial charge in [-0.1, -0.05) is 37.0 Å². The molecule has 26 heteroatoms. The third-order valence-electron chi connectivity index (χ3n) is 11.4. The molecule has 67 heavy (non-hydrogen) atoms. The number of sulfonamides is 2. The number of halogens is 13. The molecule has 0 aliphatic heterocycles. The molecule has 0 spiro atoms. The van der Waals surface area contributed by atoms with E-state index in [1.165, 1.54) is 55.4 Å². The zero-order valence-electron chi connectivity index (χ0n) is 34.3. The molecule has 2 aromatic carbocycles. The summed E-state index contributed by atoms with van der Waals surface area (Å²) in [5.41, 5.74) is -8.30. The monoisotopic (exact) mass is 1030 g/mol. The summed E-state index contributed by atoms with van der Waals surface area (Å²) in [5.74, 6) is -7.31. The van der Waals surface area contributed by atoms with E-state index in [0.717, 1.165) is 41.4 Å². The first kappa shape index (κ1) is 50.0. The summed E-state index contributed by atoms with van der Waals surface area (Å²) in [6, 6.07) is 6.52. The fourth-order valence-corrected chi connectivity index (χ4v) is 10.5. The average Bonchev–Trinajstić information content (AvgIpc) is 3.79. The third-order valence-corrected chi connectivity index (χ3v) is 15.0. The van der Waals surface area contributed by atoms with E-state index in [9.17, 15) is 61.1 Å². The standard InChI is InChI=1S/C41H33Cl2F11N6O5S2/c1-38(2,37(61)60-18-22(14-58-67(64,65)41(52,53)54)26-9-32(45)28(11-34(26)60)24-4-6-56-16-30(24)43)12-20-7-35(20)66(62,63)57-13-21-17-59(19-36(39(46,47)48)40(49,50)51)33-10-27(31(44)8-25(21)33)23-3-5-55-15-29(23)42/h3-6,8-11,15-18,20,35-36,57-58H,7,12-14,19H2,1-2H3. The zero-order chi connectivity index (χ0) is 49.4. The summed E-state index contributed by atoms with van der Waals surface area (Å²) < 4.78 is 210. The predicted octanol–water partition coefficient (Wildman–Crippen LogP) is 10.5. The number of nitrogens with one attached hydrogen (secondary N) is 2. The van der Waals surface area contributed by atoms with Crippen LogP contribution in [0.2, 0.25) is 10.0 Å². The van der Waals surface area contributed by atoms with Gasteiger partial charge < -0.3 is 4.57 Å². The molecular weight excluding hydrogens is 1000 g/mol. The van der Waals surface area contributed by atoms with E-state index in [4.69, 9.17) is 23.2 Å². The van der Waals surface area contributed by atoms with Crippen LogP contribution in [0.3, 0.4) is 0 Å². The molecule has 360 valence electrons. The van der Waals surface area contributed by atoms with Crippen LogP contribution in [-0.2, 0) is 39.7 Å². The first-order valence-electron chi connectivity index (χ1n) is 19.5. The lowest BCUT2D eigenvalue weighted by Crippen LogP contribution is -2.39. The van der Waals surface area contributed by atoms with Gasteiger partial charge in [-0.2, -0.15) is 39.5 Å². The number of benzene rings is 2. The molecule has 0 radical (unpaired) electrons. The lowest BCUT2D eigenvalue weighted by molar-refractivity contribution is -0.287. The van der Waals surface area contributed by atoms with Crippen molar-refractivity contribution in [2.45, 2.75) is 69.4 Å². The van der Waals surface area contributed by atoms with E-state index < -0.39 is 97.6 Å². The molecule has 2 N–H and O–H groups in total. The second-order valence-electron chi connectivity index (χ2n) is 16.4. The number of hydrogen-bond donors (Lipinski definition) is 2. The summed E-state index contributed by atoms with van der Waals surface area (Å²) >= 11 is 12.4. The van der Waals surface area contributed by atoms with Gasteiger partial charge >= 0.3 is 27.9 Å². The SMILES string of the molecule is CC(C)(CC1CC1S(=O)(=O)NCc1cn(CC(C(F)(F)F)C(F)(F)F)c2cc(-c3ccncc3Cl)c(F)cc12)C(=O)n1cc(CNS(=O)(=O)C(F)(F)F)c2cc(F)c(-c3ccncc3Cl)cc21. The summed E-state index contributed by atoms with van der Waals surface area (Å²) in [5, 5.41) is -1.64. The molecule has 6 aromatic rings. The number of carbonyl (C=O) groups excluding carboxylic acids is 1. The Morgan fingerprint density at radius 1 is 0.746 bits per heavy atom. The summed E-state index contributed by atoms with van der Waals surface area (Å²) in [6.07, 6.45) is -4.96. The molecule has 1 aliphatic carbocycles. The molecule has 1 aliphatic rings. The molecule has 0 saturated heterocycles. The number of aromatic nitrogens is 4. The van der Waals surface area contributed by atoms with E-state index in [1.807, 2.05) is 0 Å². The van der Waals surface area contributed by atoms with Gasteiger partial charge in [-0.05, 0) is 66.3 Å². The molecule has 7 rings (SSSR count). The van der Waals surface area contributed by atoms with Crippen molar-refractivity contribution in [3.05, 3.63) is 106 Å². The summed E-state index contributed by atoms with van der Waals surface area (Å²) in [4.78, 5) is 22.0. The maximum Gasteiger partial charge on any atom is 0.511 e. The van der Waals surface area contributed by atoms with Crippen LogP contribution in [0.25, 0.3) is 44.1 Å². The average molecular weight is 1030 g/mol. The van der Waals surface area contributed by atoms with Gasteiger partial charge in [0, 0.05) is 101 Å². The Bertz CT molecular complexity index is 3140. The van der Waals surface area contributed by atoms with Crippen molar-refractivity contribution in [3.8, 4) is 22.3 Å². The molecule has 1 fully saturated rings. The van der Waals surface area contributed by atoms with Crippen molar-refractivity contribution in [1.82, 2.24) is 28.5 Å². The van der Waals surface area contributed by atoms with Crippen LogP contribution in [0, 0.1) is 28.9 Å². The summed E-state index contributed by atoms with van der Waals surface area (Å²) in [6.45, 7) is -0.587. The van der Waals surface area contributed by atoms with E-state index in [-0.39, 0.29) is 78.1 Å². The van der Waals surface area contributed by atoms with Gasteiger partial charge in [-0.15, -0.1) is 0 Å². The molecule has 2 unspecified atom stereocenters. The van der Waals surface area contributed by atoms with Crippen LogP contribution < -0.4 is 9.44 Å². The van der Waals surface area contributed by atoms with Crippen LogP contribution in [0.1, 0.15) is 42.6 Å². The highest BCUT2D eigenvalue weighted by atomic mass is 35.5.